The van der Waals surface area contributed by atoms with Crippen molar-refractivity contribution in [3.8, 4) is 0 Å². The fraction of sp³-hybridized carbons (Fsp3) is 0.167. The summed E-state index contributed by atoms with van der Waals surface area (Å²) in [6, 6.07) is 48.1. The zero-order valence-corrected chi connectivity index (χ0v) is 31.0. The van der Waals surface area contributed by atoms with Crippen LogP contribution >= 0.6 is 0 Å². The smallest absolute Gasteiger partial charge is 0.226 e. The molecule has 1 atom stereocenters. The maximum atomic E-state index is 2.57. The van der Waals surface area contributed by atoms with Crippen LogP contribution in [0.25, 0.3) is 0 Å². The van der Waals surface area contributed by atoms with Gasteiger partial charge in [-0.3, -0.25) is 0 Å². The molecule has 0 radical (unpaired) electrons. The molecule has 0 fully saturated rings. The van der Waals surface area contributed by atoms with Crippen LogP contribution in [0.4, 0.5) is 45.5 Å². The lowest BCUT2D eigenvalue weighted by atomic mass is 9.29. The Bertz CT molecular complexity index is 2340. The fourth-order valence-corrected chi connectivity index (χ4v) is 8.58. The molecule has 0 bridgehead atoms. The lowest BCUT2D eigenvalue weighted by Gasteiger charge is -2.49. The van der Waals surface area contributed by atoms with Gasteiger partial charge < -0.3 is 14.7 Å². The van der Waals surface area contributed by atoms with E-state index < -0.39 is 0 Å². The van der Waals surface area contributed by atoms with Crippen LogP contribution in [0.3, 0.4) is 0 Å². The minimum atomic E-state index is 0.208. The van der Waals surface area contributed by atoms with Crippen LogP contribution in [0, 0.1) is 34.6 Å². The Hall–Kier alpha value is -5.74. The summed E-state index contributed by atoms with van der Waals surface area (Å²) in [5.41, 5.74) is 21.4. The van der Waals surface area contributed by atoms with Crippen LogP contribution in [0.1, 0.15) is 41.2 Å². The molecule has 4 heteroatoms. The average Bonchev–Trinajstić information content (AvgIpc) is 3.14. The third-order valence-electron chi connectivity index (χ3n) is 11.2. The van der Waals surface area contributed by atoms with Gasteiger partial charge in [-0.2, -0.15) is 0 Å². The van der Waals surface area contributed by atoms with Crippen molar-refractivity contribution in [2.75, 3.05) is 14.7 Å². The van der Waals surface area contributed by atoms with Gasteiger partial charge >= 0.3 is 0 Å². The predicted molar refractivity (Wildman–Crippen MR) is 223 cm³/mol. The first kappa shape index (κ1) is 32.2. The second-order valence-corrected chi connectivity index (χ2v) is 15.2. The molecule has 6 aromatic carbocycles. The van der Waals surface area contributed by atoms with Crippen molar-refractivity contribution in [1.82, 2.24) is 0 Å². The van der Waals surface area contributed by atoms with E-state index in [9.17, 15) is 0 Å². The molecule has 2 aliphatic heterocycles. The van der Waals surface area contributed by atoms with E-state index in [1.165, 1.54) is 78.4 Å². The first-order chi connectivity index (χ1) is 25.2. The third-order valence-corrected chi connectivity index (χ3v) is 11.2. The number of benzene rings is 6. The molecule has 0 N–H and O–H groups in total. The standard InChI is InChI=1S/C48H44BN3/c1-31-7-17-37(18-8-31)50(38-19-9-32(2)10-20-38)41-29-46-48-47(30-41)52(40-23-13-34(4)14-24-40)45-26-16-36(6)28-43(45)49(48)42-27-35(5)15-25-44(42)51(46)39-21-11-33(3)12-22-39/h7-27,29-30,43H,28H2,1-6H3. The molecule has 1 aliphatic carbocycles. The number of aryl methyl sites for hydroxylation is 5. The maximum Gasteiger partial charge on any atom is 0.226 e. The second-order valence-electron chi connectivity index (χ2n) is 15.2. The number of fused-ring (bicyclic) bond motifs is 4. The summed E-state index contributed by atoms with van der Waals surface area (Å²) >= 11 is 0. The Morgan fingerprint density at radius 2 is 0.962 bits per heavy atom. The quantitative estimate of drug-likeness (QED) is 0.169. The molecule has 0 amide bonds. The fourth-order valence-electron chi connectivity index (χ4n) is 8.58. The van der Waals surface area contributed by atoms with E-state index in [-0.39, 0.29) is 6.71 Å². The highest BCUT2D eigenvalue weighted by molar-refractivity contribution is 6.91. The summed E-state index contributed by atoms with van der Waals surface area (Å²) < 4.78 is 0. The number of anilines is 8. The molecule has 0 saturated carbocycles. The molecule has 2 heterocycles. The van der Waals surface area contributed by atoms with Gasteiger partial charge in [0.2, 0.25) is 6.71 Å². The average molecular weight is 674 g/mol. The molecular formula is C48H44BN3. The number of hydrogen-bond acceptors (Lipinski definition) is 3. The van der Waals surface area contributed by atoms with E-state index in [2.05, 4.69) is 196 Å². The SMILES string of the molecule is CC1=CC=C2C(C1)B1c3cc(C)ccc3N(c3ccc(C)cc3)c3cc(N(c4ccc(C)cc4)c4ccc(C)cc4)cc(c31)N2c1ccc(C)cc1. The number of hydrogen-bond donors (Lipinski definition) is 0. The lowest BCUT2D eigenvalue weighted by molar-refractivity contribution is 0.850. The number of nitrogens with zero attached hydrogens (tertiary/aromatic N) is 3. The normalized spacial score (nSPS) is 15.7. The van der Waals surface area contributed by atoms with Crippen LogP contribution in [-0.2, 0) is 0 Å². The summed E-state index contributed by atoms with van der Waals surface area (Å²) in [4.78, 5) is 7.53. The highest BCUT2D eigenvalue weighted by Gasteiger charge is 2.48. The van der Waals surface area contributed by atoms with Gasteiger partial charge in [0.15, 0.2) is 0 Å². The molecule has 254 valence electrons. The summed E-state index contributed by atoms with van der Waals surface area (Å²) in [7, 11) is 0. The molecule has 6 aromatic rings. The molecule has 0 aromatic heterocycles. The van der Waals surface area contributed by atoms with Crippen molar-refractivity contribution >= 4 is 63.1 Å². The molecule has 52 heavy (non-hydrogen) atoms. The Balaban J connectivity index is 1.40. The first-order valence-corrected chi connectivity index (χ1v) is 18.6. The molecule has 0 spiro atoms. The summed E-state index contributed by atoms with van der Waals surface area (Å²) in [6.07, 6.45) is 5.76. The van der Waals surface area contributed by atoms with Gasteiger partial charge in [0, 0.05) is 45.5 Å². The number of allylic oxidation sites excluding steroid dienone is 4. The van der Waals surface area contributed by atoms with E-state index >= 15 is 0 Å². The maximum absolute atomic E-state index is 2.57. The van der Waals surface area contributed by atoms with Gasteiger partial charge in [-0.1, -0.05) is 100 Å². The minimum Gasteiger partial charge on any atom is -0.315 e. The van der Waals surface area contributed by atoms with Crippen molar-refractivity contribution in [3.63, 3.8) is 0 Å². The lowest BCUT2D eigenvalue weighted by Crippen LogP contribution is -2.58. The monoisotopic (exact) mass is 673 g/mol. The van der Waals surface area contributed by atoms with Crippen molar-refractivity contribution < 1.29 is 0 Å². The predicted octanol–water partition coefficient (Wildman–Crippen LogP) is 11.8. The van der Waals surface area contributed by atoms with E-state index in [1.807, 2.05) is 0 Å². The minimum absolute atomic E-state index is 0.208. The topological polar surface area (TPSA) is 9.72 Å². The van der Waals surface area contributed by atoms with Crippen LogP contribution in [0.5, 0.6) is 0 Å². The summed E-state index contributed by atoms with van der Waals surface area (Å²) in [5, 5.41) is 0. The highest BCUT2D eigenvalue weighted by atomic mass is 15.2. The van der Waals surface area contributed by atoms with Gasteiger partial charge in [0.1, 0.15) is 0 Å². The van der Waals surface area contributed by atoms with Gasteiger partial charge in [-0.05, 0) is 138 Å². The Labute approximate surface area is 309 Å². The van der Waals surface area contributed by atoms with E-state index in [1.54, 1.807) is 0 Å². The summed E-state index contributed by atoms with van der Waals surface area (Å²) in [6.45, 7) is 13.4. The molecular weight excluding hydrogens is 629 g/mol. The number of rotatable bonds is 5. The van der Waals surface area contributed by atoms with Gasteiger partial charge in [-0.15, -0.1) is 0 Å². The summed E-state index contributed by atoms with van der Waals surface area (Å²) in [5.74, 6) is 0.300. The molecule has 3 aliphatic rings. The van der Waals surface area contributed by atoms with Gasteiger partial charge in [0.05, 0.1) is 5.69 Å². The largest absolute Gasteiger partial charge is 0.315 e. The van der Waals surface area contributed by atoms with E-state index in [0.29, 0.717) is 5.82 Å². The zero-order valence-electron chi connectivity index (χ0n) is 31.0. The van der Waals surface area contributed by atoms with Crippen molar-refractivity contribution in [1.29, 1.82) is 0 Å². The third kappa shape index (κ3) is 5.37. The van der Waals surface area contributed by atoms with Crippen molar-refractivity contribution in [2.45, 2.75) is 53.8 Å². The van der Waals surface area contributed by atoms with Crippen LogP contribution in [0.15, 0.2) is 151 Å². The molecule has 9 rings (SSSR count). The molecule has 1 unspecified atom stereocenters. The van der Waals surface area contributed by atoms with Crippen LogP contribution in [0.2, 0.25) is 5.82 Å². The van der Waals surface area contributed by atoms with E-state index in [0.717, 1.165) is 23.5 Å². The Morgan fingerprint density at radius 1 is 0.481 bits per heavy atom. The first-order valence-electron chi connectivity index (χ1n) is 18.6. The Kier molecular flexibility index (Phi) is 7.73. The second kappa shape index (κ2) is 12.5. The van der Waals surface area contributed by atoms with Crippen LogP contribution < -0.4 is 25.6 Å². The van der Waals surface area contributed by atoms with Crippen LogP contribution in [-0.4, -0.2) is 6.71 Å². The molecule has 3 nitrogen and oxygen atoms in total. The van der Waals surface area contributed by atoms with Gasteiger partial charge in [0.25, 0.3) is 0 Å². The molecule has 0 saturated heterocycles. The van der Waals surface area contributed by atoms with Gasteiger partial charge in [-0.25, -0.2) is 0 Å². The highest BCUT2D eigenvalue weighted by Crippen LogP contribution is 2.52. The Morgan fingerprint density at radius 3 is 1.52 bits per heavy atom. The van der Waals surface area contributed by atoms with E-state index in [4.69, 9.17) is 0 Å². The van der Waals surface area contributed by atoms with Crippen molar-refractivity contribution in [3.05, 3.63) is 179 Å². The zero-order chi connectivity index (χ0) is 35.7. The van der Waals surface area contributed by atoms with Crippen molar-refractivity contribution in [2.24, 2.45) is 0 Å².